The molecule has 1 aliphatic rings. The van der Waals surface area contributed by atoms with Crippen LogP contribution in [0.4, 0.5) is 0 Å². The maximum absolute atomic E-state index is 13.5. The summed E-state index contributed by atoms with van der Waals surface area (Å²) in [4.78, 5) is 32.4. The molecule has 2 aromatic carbocycles. The summed E-state index contributed by atoms with van der Waals surface area (Å²) in [7, 11) is 4.91. The molecule has 204 valence electrons. The van der Waals surface area contributed by atoms with Gasteiger partial charge in [0.2, 0.25) is 5.91 Å². The first kappa shape index (κ1) is 27.8. The molecule has 2 N–H and O–H groups in total. The van der Waals surface area contributed by atoms with Crippen molar-refractivity contribution in [2.45, 2.75) is 32.2 Å². The Kier molecular flexibility index (Phi) is 9.19. The Morgan fingerprint density at radius 2 is 1.87 bits per heavy atom. The van der Waals surface area contributed by atoms with E-state index in [1.165, 1.54) is 18.4 Å². The molecule has 10 heteroatoms. The average Bonchev–Trinajstić information content (AvgIpc) is 3.49. The summed E-state index contributed by atoms with van der Waals surface area (Å²) < 4.78 is 17.3. The number of esters is 1. The smallest absolute Gasteiger partial charge is 0.306 e. The van der Waals surface area contributed by atoms with E-state index in [-0.39, 0.29) is 25.5 Å². The van der Waals surface area contributed by atoms with Crippen molar-refractivity contribution >= 4 is 33.4 Å². The molecule has 0 spiro atoms. The van der Waals surface area contributed by atoms with Crippen molar-refractivity contribution in [3.05, 3.63) is 52.5 Å². The Morgan fingerprint density at radius 1 is 1.13 bits per heavy atom. The summed E-state index contributed by atoms with van der Waals surface area (Å²) in [6.07, 6.45) is 1.83. The van der Waals surface area contributed by atoms with Crippen LogP contribution in [0.1, 0.15) is 29.0 Å². The van der Waals surface area contributed by atoms with Crippen LogP contribution in [0.3, 0.4) is 0 Å². The van der Waals surface area contributed by atoms with Crippen molar-refractivity contribution in [3.63, 3.8) is 0 Å². The molecule has 1 amide bonds. The number of aromatic nitrogens is 1. The number of rotatable bonds is 13. The van der Waals surface area contributed by atoms with E-state index in [1.807, 2.05) is 48.3 Å². The first-order chi connectivity index (χ1) is 18.4. The van der Waals surface area contributed by atoms with Crippen molar-refractivity contribution in [2.24, 2.45) is 5.41 Å². The van der Waals surface area contributed by atoms with E-state index in [0.29, 0.717) is 37.5 Å². The number of benzene rings is 2. The second-order valence-corrected chi connectivity index (χ2v) is 10.8. The SMILES string of the molecule is COC(=O)CC1(C(=O)NCc2nc3cc(OCCCN(C)CCO)c(OC)cc3s2)Cc2ccccc2C1. The molecule has 0 aliphatic heterocycles. The molecule has 0 atom stereocenters. The van der Waals surface area contributed by atoms with Gasteiger partial charge < -0.3 is 29.5 Å². The molecule has 9 nitrogen and oxygen atoms in total. The molecule has 0 radical (unpaired) electrons. The first-order valence-corrected chi connectivity index (χ1v) is 13.5. The lowest BCUT2D eigenvalue weighted by Crippen LogP contribution is -2.43. The summed E-state index contributed by atoms with van der Waals surface area (Å²) >= 11 is 1.48. The summed E-state index contributed by atoms with van der Waals surface area (Å²) in [5.41, 5.74) is 2.07. The van der Waals surface area contributed by atoms with Gasteiger partial charge in [-0.1, -0.05) is 24.3 Å². The van der Waals surface area contributed by atoms with Crippen LogP contribution in [0.5, 0.6) is 11.5 Å². The number of carbonyl (C=O) groups excluding carboxylic acids is 2. The number of nitrogens with one attached hydrogen (secondary N) is 1. The van der Waals surface area contributed by atoms with Crippen molar-refractivity contribution in [1.82, 2.24) is 15.2 Å². The zero-order chi connectivity index (χ0) is 27.1. The van der Waals surface area contributed by atoms with Crippen molar-refractivity contribution in [2.75, 3.05) is 47.6 Å². The van der Waals surface area contributed by atoms with E-state index in [4.69, 9.17) is 24.3 Å². The van der Waals surface area contributed by atoms with Gasteiger partial charge in [0.15, 0.2) is 11.5 Å². The van der Waals surface area contributed by atoms with Crippen molar-refractivity contribution in [1.29, 1.82) is 0 Å². The Balaban J connectivity index is 1.43. The molecule has 0 saturated carbocycles. The summed E-state index contributed by atoms with van der Waals surface area (Å²) in [6, 6.07) is 11.7. The highest BCUT2D eigenvalue weighted by Crippen LogP contribution is 2.41. The van der Waals surface area contributed by atoms with E-state index >= 15 is 0 Å². The molecule has 0 unspecified atom stereocenters. The third kappa shape index (κ3) is 6.43. The number of aliphatic hydroxyl groups is 1. The quantitative estimate of drug-likeness (QED) is 0.251. The standard InChI is InChI=1S/C28H35N3O6S/c1-31(10-11-32)9-6-12-37-23-13-21-24(14-22(23)35-2)38-25(30-21)18-29-27(34)28(17-26(33)36-3)15-19-7-4-5-8-20(19)16-28/h4-5,7-8,13-14,32H,6,9-12,15-18H2,1-3H3,(H,29,34). The number of thiazole rings is 1. The minimum atomic E-state index is -0.872. The van der Waals surface area contributed by atoms with Crippen LogP contribution in [0.25, 0.3) is 10.2 Å². The predicted octanol–water partition coefficient (Wildman–Crippen LogP) is 2.96. The minimum Gasteiger partial charge on any atom is -0.493 e. The number of hydrogen-bond acceptors (Lipinski definition) is 9. The van der Waals surface area contributed by atoms with Crippen LogP contribution in [-0.4, -0.2) is 74.4 Å². The van der Waals surface area contributed by atoms with E-state index in [2.05, 4.69) is 5.32 Å². The lowest BCUT2D eigenvalue weighted by atomic mass is 9.80. The Labute approximate surface area is 226 Å². The molecule has 0 fully saturated rings. The van der Waals surface area contributed by atoms with Gasteiger partial charge in [0, 0.05) is 25.2 Å². The molecule has 1 heterocycles. The second kappa shape index (κ2) is 12.6. The number of methoxy groups -OCH3 is 2. The molecular weight excluding hydrogens is 506 g/mol. The highest BCUT2D eigenvalue weighted by molar-refractivity contribution is 7.18. The van der Waals surface area contributed by atoms with E-state index in [1.54, 1.807) is 7.11 Å². The lowest BCUT2D eigenvalue weighted by Gasteiger charge is -2.26. The molecule has 0 bridgehead atoms. The first-order valence-electron chi connectivity index (χ1n) is 12.7. The van der Waals surface area contributed by atoms with Crippen LogP contribution in [0.2, 0.25) is 0 Å². The number of hydrogen-bond donors (Lipinski definition) is 2. The number of aliphatic hydroxyl groups excluding tert-OH is 1. The fourth-order valence-electron chi connectivity index (χ4n) is 4.88. The monoisotopic (exact) mass is 541 g/mol. The largest absolute Gasteiger partial charge is 0.493 e. The average molecular weight is 542 g/mol. The predicted molar refractivity (Wildman–Crippen MR) is 146 cm³/mol. The van der Waals surface area contributed by atoms with Gasteiger partial charge in [0.1, 0.15) is 5.01 Å². The second-order valence-electron chi connectivity index (χ2n) is 9.65. The Bertz CT molecular complexity index is 1250. The number of fused-ring (bicyclic) bond motifs is 2. The van der Waals surface area contributed by atoms with Crippen LogP contribution in [0, 0.1) is 5.41 Å². The van der Waals surface area contributed by atoms with Crippen molar-refractivity contribution in [3.8, 4) is 11.5 Å². The Hall–Kier alpha value is -3.21. The lowest BCUT2D eigenvalue weighted by molar-refractivity contribution is -0.148. The van der Waals surface area contributed by atoms with Gasteiger partial charge in [0.25, 0.3) is 0 Å². The van der Waals surface area contributed by atoms with Crippen LogP contribution in [0.15, 0.2) is 36.4 Å². The van der Waals surface area contributed by atoms with Gasteiger partial charge >= 0.3 is 5.97 Å². The highest BCUT2D eigenvalue weighted by atomic mass is 32.1. The van der Waals surface area contributed by atoms with Gasteiger partial charge in [-0.25, -0.2) is 4.98 Å². The highest BCUT2D eigenvalue weighted by Gasteiger charge is 2.45. The number of likely N-dealkylation sites (N-methyl/N-ethyl adjacent to an activating group) is 1. The van der Waals surface area contributed by atoms with Gasteiger partial charge in [0.05, 0.1) is 56.0 Å². The number of carbonyl (C=O) groups is 2. The van der Waals surface area contributed by atoms with Gasteiger partial charge in [-0.05, 0) is 37.4 Å². The number of nitrogens with zero attached hydrogens (tertiary/aromatic N) is 2. The van der Waals surface area contributed by atoms with Crippen LogP contribution < -0.4 is 14.8 Å². The molecule has 38 heavy (non-hydrogen) atoms. The molecule has 1 aliphatic carbocycles. The summed E-state index contributed by atoms with van der Waals surface area (Å²) in [6.45, 7) is 2.34. The minimum absolute atomic E-state index is 0.0253. The van der Waals surface area contributed by atoms with E-state index < -0.39 is 11.4 Å². The maximum atomic E-state index is 13.5. The molecular formula is C28H35N3O6S. The number of amides is 1. The zero-order valence-corrected chi connectivity index (χ0v) is 22.9. The summed E-state index contributed by atoms with van der Waals surface area (Å²) in [5.74, 6) is 0.673. The Morgan fingerprint density at radius 3 is 2.53 bits per heavy atom. The molecule has 0 saturated heterocycles. The topological polar surface area (TPSA) is 110 Å². The molecule has 1 aromatic heterocycles. The van der Waals surface area contributed by atoms with Gasteiger partial charge in [-0.3, -0.25) is 9.59 Å². The third-order valence-corrected chi connectivity index (χ3v) is 7.93. The van der Waals surface area contributed by atoms with Crippen LogP contribution >= 0.6 is 11.3 Å². The van der Waals surface area contributed by atoms with E-state index in [0.717, 1.165) is 39.3 Å². The van der Waals surface area contributed by atoms with E-state index in [9.17, 15) is 9.59 Å². The van der Waals surface area contributed by atoms with Gasteiger partial charge in [-0.15, -0.1) is 11.3 Å². The molecule has 4 rings (SSSR count). The van der Waals surface area contributed by atoms with Crippen molar-refractivity contribution < 1.29 is 28.9 Å². The fraction of sp³-hybridized carbons (Fsp3) is 0.464. The third-order valence-electron chi connectivity index (χ3n) is 6.91. The maximum Gasteiger partial charge on any atom is 0.306 e. The normalized spacial score (nSPS) is 13.9. The molecule has 3 aromatic rings. The fourth-order valence-corrected chi connectivity index (χ4v) is 5.80. The van der Waals surface area contributed by atoms with Crippen LogP contribution in [-0.2, 0) is 33.7 Å². The van der Waals surface area contributed by atoms with Gasteiger partial charge in [-0.2, -0.15) is 0 Å². The zero-order valence-electron chi connectivity index (χ0n) is 22.1. The summed E-state index contributed by atoms with van der Waals surface area (Å²) in [5, 5.41) is 12.8. The number of ether oxygens (including phenoxy) is 3.